The van der Waals surface area contributed by atoms with Crippen molar-refractivity contribution in [3.63, 3.8) is 0 Å². The van der Waals surface area contributed by atoms with Gasteiger partial charge in [-0.2, -0.15) is 0 Å². The Morgan fingerprint density at radius 1 is 1.21 bits per heavy atom. The lowest BCUT2D eigenvalue weighted by Gasteiger charge is -2.32. The number of aromatic nitrogens is 2. The molecule has 0 spiro atoms. The van der Waals surface area contributed by atoms with Gasteiger partial charge in [-0.15, -0.1) is 11.3 Å². The van der Waals surface area contributed by atoms with E-state index in [-0.39, 0.29) is 23.8 Å². The van der Waals surface area contributed by atoms with Crippen molar-refractivity contribution < 1.29 is 18.0 Å². The maximum Gasteiger partial charge on any atom is 0.280 e. The van der Waals surface area contributed by atoms with Crippen LogP contribution in [0.3, 0.4) is 0 Å². The normalized spacial score (nSPS) is 22.3. The number of hydrogen-bond donors (Lipinski definition) is 3. The number of amides is 2. The summed E-state index contributed by atoms with van der Waals surface area (Å²) in [6.45, 7) is 1.66. The quantitative estimate of drug-likeness (QED) is 0.482. The summed E-state index contributed by atoms with van der Waals surface area (Å²) in [6.07, 6.45) is 1.01. The molecule has 0 bridgehead atoms. The van der Waals surface area contributed by atoms with E-state index in [0.29, 0.717) is 15.7 Å². The molecule has 34 heavy (non-hydrogen) atoms. The van der Waals surface area contributed by atoms with Gasteiger partial charge in [0.2, 0.25) is 0 Å². The second kappa shape index (κ2) is 8.95. The van der Waals surface area contributed by atoms with Gasteiger partial charge < -0.3 is 20.5 Å². The third-order valence-corrected chi connectivity index (χ3v) is 9.28. The molecule has 4 heterocycles. The van der Waals surface area contributed by atoms with Gasteiger partial charge >= 0.3 is 0 Å². The van der Waals surface area contributed by atoms with Crippen LogP contribution in [-0.2, 0) is 22.8 Å². The summed E-state index contributed by atoms with van der Waals surface area (Å²) >= 11 is 7.39. The van der Waals surface area contributed by atoms with Crippen molar-refractivity contribution in [3.05, 3.63) is 50.6 Å². The average molecular weight is 522 g/mol. The Morgan fingerprint density at radius 3 is 2.82 bits per heavy atom. The molecule has 1 aromatic carbocycles. The Balaban J connectivity index is 1.32. The van der Waals surface area contributed by atoms with Crippen molar-refractivity contribution in [2.24, 2.45) is 0 Å². The van der Waals surface area contributed by atoms with Crippen molar-refractivity contribution in [2.45, 2.75) is 31.5 Å². The van der Waals surface area contributed by atoms with E-state index in [9.17, 15) is 18.0 Å². The lowest BCUT2D eigenvalue weighted by atomic mass is 10.1. The van der Waals surface area contributed by atoms with E-state index in [4.69, 9.17) is 11.6 Å². The van der Waals surface area contributed by atoms with E-state index in [2.05, 4.69) is 25.5 Å². The number of carbonyl (C=O) groups is 2. The van der Waals surface area contributed by atoms with Crippen LogP contribution in [0.2, 0.25) is 5.02 Å². The van der Waals surface area contributed by atoms with Crippen LogP contribution in [0, 0.1) is 0 Å². The highest BCUT2D eigenvalue weighted by Gasteiger charge is 2.36. The number of nitrogens with one attached hydrogen (secondary N) is 3. The van der Waals surface area contributed by atoms with Crippen LogP contribution in [0.1, 0.15) is 37.3 Å². The molecule has 3 aromatic rings. The van der Waals surface area contributed by atoms with E-state index in [0.717, 1.165) is 41.0 Å². The second-order valence-electron chi connectivity index (χ2n) is 8.85. The molecule has 1 fully saturated rings. The largest absolute Gasteiger partial charge is 0.351 e. The summed E-state index contributed by atoms with van der Waals surface area (Å²) in [4.78, 5) is 36.7. The first-order valence-corrected chi connectivity index (χ1v) is 14.0. The highest BCUT2D eigenvalue weighted by Crippen LogP contribution is 2.25. The van der Waals surface area contributed by atoms with Crippen molar-refractivity contribution in [2.75, 3.05) is 25.1 Å². The van der Waals surface area contributed by atoms with Crippen molar-refractivity contribution in [1.82, 2.24) is 25.5 Å². The number of nitrogens with zero attached hydrogens (tertiary/aromatic N) is 2. The third kappa shape index (κ3) is 4.83. The standard InChI is InChI=1S/C22H24ClN5O4S2/c1-28-6-4-16-19(10-28)33-22(27-16)21(30)25-15-5-7-34(31,32)11-18(15)26-20(29)17-9-12-8-13(23)2-3-14(12)24-17/h2-3,8-9,15,18,24H,4-7,10-11H2,1H3,(H,25,30)(H,26,29)/t15-,18+/m1/s1. The van der Waals surface area contributed by atoms with Crippen molar-refractivity contribution in [3.8, 4) is 0 Å². The predicted molar refractivity (Wildman–Crippen MR) is 131 cm³/mol. The number of H-pyrrole nitrogens is 1. The number of aromatic amines is 1. The average Bonchev–Trinajstić information content (AvgIpc) is 3.38. The fourth-order valence-corrected chi connectivity index (χ4v) is 7.33. The first kappa shape index (κ1) is 23.3. The number of benzene rings is 1. The Kier molecular flexibility index (Phi) is 6.13. The maximum absolute atomic E-state index is 13.0. The molecule has 0 radical (unpaired) electrons. The fraction of sp³-hybridized carbons (Fsp3) is 0.409. The number of carbonyl (C=O) groups excluding carboxylic acids is 2. The van der Waals surface area contributed by atoms with E-state index < -0.39 is 27.8 Å². The first-order valence-electron chi connectivity index (χ1n) is 10.9. The molecule has 0 unspecified atom stereocenters. The number of thiazole rings is 1. The zero-order valence-electron chi connectivity index (χ0n) is 18.4. The van der Waals surface area contributed by atoms with Gasteiger partial charge in [0.15, 0.2) is 14.8 Å². The van der Waals surface area contributed by atoms with Gasteiger partial charge in [-0.05, 0) is 37.7 Å². The minimum absolute atomic E-state index is 0.0473. The van der Waals surface area contributed by atoms with Crippen molar-refractivity contribution in [1.29, 1.82) is 0 Å². The molecule has 2 aliphatic rings. The molecule has 0 saturated carbocycles. The molecule has 12 heteroatoms. The summed E-state index contributed by atoms with van der Waals surface area (Å²) in [5.74, 6) is -1.07. The van der Waals surface area contributed by atoms with E-state index in [1.165, 1.54) is 11.3 Å². The number of likely N-dealkylation sites (N-methyl/N-ethyl adjacent to an activating group) is 1. The molecule has 1 saturated heterocycles. The van der Waals surface area contributed by atoms with Crippen LogP contribution < -0.4 is 10.6 Å². The Labute approximate surface area is 205 Å². The van der Waals surface area contributed by atoms with Gasteiger partial charge in [-0.1, -0.05) is 11.6 Å². The van der Waals surface area contributed by atoms with Crippen molar-refractivity contribution >= 4 is 55.5 Å². The Hall–Kier alpha value is -2.47. The summed E-state index contributed by atoms with van der Waals surface area (Å²) in [7, 11) is -1.32. The van der Waals surface area contributed by atoms with Gasteiger partial charge in [-0.3, -0.25) is 9.59 Å². The molecule has 2 aliphatic heterocycles. The summed E-state index contributed by atoms with van der Waals surface area (Å²) in [6, 6.07) is 5.61. The minimum atomic E-state index is -3.34. The van der Waals surface area contributed by atoms with Gasteiger partial charge in [0.1, 0.15) is 5.69 Å². The highest BCUT2D eigenvalue weighted by atomic mass is 35.5. The minimum Gasteiger partial charge on any atom is -0.351 e. The molecular formula is C22H24ClN5O4S2. The van der Waals surface area contributed by atoms with Crippen LogP contribution >= 0.6 is 22.9 Å². The molecule has 2 aromatic heterocycles. The smallest absolute Gasteiger partial charge is 0.280 e. The molecule has 180 valence electrons. The Morgan fingerprint density at radius 2 is 2.00 bits per heavy atom. The second-order valence-corrected chi connectivity index (χ2v) is 12.6. The lowest BCUT2D eigenvalue weighted by Crippen LogP contribution is -2.58. The van der Waals surface area contributed by atoms with Gasteiger partial charge in [0.05, 0.1) is 29.3 Å². The zero-order valence-corrected chi connectivity index (χ0v) is 20.8. The van der Waals surface area contributed by atoms with E-state index in [1.54, 1.807) is 24.3 Å². The molecule has 2 atom stereocenters. The summed E-state index contributed by atoms with van der Waals surface area (Å²) in [5.41, 5.74) is 1.99. The Bertz CT molecular complexity index is 1380. The highest BCUT2D eigenvalue weighted by molar-refractivity contribution is 7.91. The van der Waals surface area contributed by atoms with Crippen LogP contribution in [0.15, 0.2) is 24.3 Å². The number of hydrogen-bond acceptors (Lipinski definition) is 7. The maximum atomic E-state index is 13.0. The third-order valence-electron chi connectivity index (χ3n) is 6.24. The zero-order chi connectivity index (χ0) is 24.0. The molecule has 3 N–H and O–H groups in total. The SMILES string of the molecule is CN1CCc2nc(C(=O)N[C@@H]3CCS(=O)(=O)C[C@@H]3NC(=O)c3cc4cc(Cl)ccc4[nH]3)sc2C1. The molecule has 5 rings (SSSR count). The van der Waals surface area contributed by atoms with E-state index in [1.807, 2.05) is 7.05 Å². The predicted octanol–water partition coefficient (Wildman–Crippen LogP) is 1.98. The number of fused-ring (bicyclic) bond motifs is 2. The van der Waals surface area contributed by atoms with Crippen LogP contribution in [0.25, 0.3) is 10.9 Å². The van der Waals surface area contributed by atoms with Crippen LogP contribution in [0.4, 0.5) is 0 Å². The first-order chi connectivity index (χ1) is 16.2. The molecule has 0 aliphatic carbocycles. The van der Waals surface area contributed by atoms with Gasteiger partial charge in [0, 0.05) is 40.3 Å². The lowest BCUT2D eigenvalue weighted by molar-refractivity contribution is 0.0882. The monoisotopic (exact) mass is 521 g/mol. The van der Waals surface area contributed by atoms with E-state index >= 15 is 0 Å². The molecular weight excluding hydrogens is 498 g/mol. The topological polar surface area (TPSA) is 124 Å². The molecule has 2 amide bonds. The summed E-state index contributed by atoms with van der Waals surface area (Å²) < 4.78 is 24.6. The van der Waals surface area contributed by atoms with Crippen LogP contribution in [-0.4, -0.2) is 72.3 Å². The number of sulfone groups is 1. The summed E-state index contributed by atoms with van der Waals surface area (Å²) in [5, 5.41) is 7.42. The fourth-order valence-electron chi connectivity index (χ4n) is 4.42. The van der Waals surface area contributed by atoms with Crippen LogP contribution in [0.5, 0.6) is 0 Å². The van der Waals surface area contributed by atoms with Gasteiger partial charge in [-0.25, -0.2) is 13.4 Å². The van der Waals surface area contributed by atoms with Gasteiger partial charge in [0.25, 0.3) is 11.8 Å². The molecule has 9 nitrogen and oxygen atoms in total. The number of rotatable bonds is 4. The number of halogens is 1.